The largest absolute Gasteiger partial charge is 0.494 e. The molecule has 2 heterocycles. The number of nitrogens with one attached hydrogen (secondary N) is 1. The topological polar surface area (TPSA) is 47.6 Å². The molecule has 2 fully saturated rings. The second-order valence-electron chi connectivity index (χ2n) is 6.58. The van der Waals surface area contributed by atoms with Gasteiger partial charge in [-0.2, -0.15) is 0 Å². The quantitative estimate of drug-likeness (QED) is 0.657. The lowest BCUT2D eigenvalue weighted by atomic mass is 9.77. The summed E-state index contributed by atoms with van der Waals surface area (Å²) in [6, 6.07) is 8.21. The molecule has 1 aromatic rings. The van der Waals surface area contributed by atoms with Crippen molar-refractivity contribution in [1.82, 2.24) is 5.32 Å². The van der Waals surface area contributed by atoms with E-state index in [2.05, 4.69) is 11.4 Å². The lowest BCUT2D eigenvalue weighted by Crippen LogP contribution is -2.42. The molecule has 0 aliphatic carbocycles. The molecule has 5 heteroatoms. The molecule has 1 unspecified atom stereocenters. The van der Waals surface area contributed by atoms with Crippen molar-refractivity contribution in [3.05, 3.63) is 29.8 Å². The van der Waals surface area contributed by atoms with Crippen LogP contribution in [0.2, 0.25) is 0 Å². The monoisotopic (exact) mass is 273 g/mol. The number of carbonyl (C=O) groups is 1. The molecule has 2 aliphatic heterocycles. The Morgan fingerprint density at radius 1 is 1.20 bits per heavy atom. The van der Waals surface area contributed by atoms with Crippen LogP contribution in [0.3, 0.4) is 0 Å². The van der Waals surface area contributed by atoms with Gasteiger partial charge in [0.25, 0.3) is 0 Å². The van der Waals surface area contributed by atoms with Crippen LogP contribution < -0.4 is 10.8 Å². The highest BCUT2D eigenvalue weighted by Gasteiger charge is 2.51. The standard InChI is InChI=1S/C15H20BNO3/c1-14(2)15(3,4)20-16(19-14)11-7-5-6-10(8-11)12-9-13(18)17-12/h5-8,12H,9H2,1-4H3,(H,17,18). The van der Waals surface area contributed by atoms with Crippen LogP contribution in [-0.2, 0) is 14.1 Å². The van der Waals surface area contributed by atoms with Gasteiger partial charge < -0.3 is 14.6 Å². The first-order valence-electron chi connectivity index (χ1n) is 7.03. The van der Waals surface area contributed by atoms with E-state index in [1.165, 1.54) is 0 Å². The van der Waals surface area contributed by atoms with Crippen molar-refractivity contribution in [2.45, 2.75) is 51.4 Å². The molecule has 2 aliphatic rings. The number of hydrogen-bond donors (Lipinski definition) is 1. The number of hydrogen-bond acceptors (Lipinski definition) is 3. The van der Waals surface area contributed by atoms with Crippen LogP contribution in [-0.4, -0.2) is 24.2 Å². The summed E-state index contributed by atoms with van der Waals surface area (Å²) in [5.74, 6) is 0.107. The van der Waals surface area contributed by atoms with E-state index >= 15 is 0 Å². The molecule has 0 bridgehead atoms. The van der Waals surface area contributed by atoms with Crippen LogP contribution in [0.5, 0.6) is 0 Å². The molecule has 20 heavy (non-hydrogen) atoms. The second-order valence-corrected chi connectivity index (χ2v) is 6.58. The van der Waals surface area contributed by atoms with Crippen molar-refractivity contribution in [2.24, 2.45) is 0 Å². The molecule has 1 amide bonds. The molecule has 0 saturated carbocycles. The van der Waals surface area contributed by atoms with E-state index < -0.39 is 0 Å². The van der Waals surface area contributed by atoms with Gasteiger partial charge in [0.05, 0.1) is 23.7 Å². The van der Waals surface area contributed by atoms with Gasteiger partial charge >= 0.3 is 7.12 Å². The summed E-state index contributed by atoms with van der Waals surface area (Å²) in [5, 5.41) is 2.89. The minimum absolute atomic E-state index is 0.107. The van der Waals surface area contributed by atoms with E-state index in [1.807, 2.05) is 45.9 Å². The van der Waals surface area contributed by atoms with Gasteiger partial charge in [-0.05, 0) is 38.7 Å². The molecular weight excluding hydrogens is 253 g/mol. The van der Waals surface area contributed by atoms with Crippen LogP contribution in [0.4, 0.5) is 0 Å². The average molecular weight is 273 g/mol. The fourth-order valence-corrected chi connectivity index (χ4v) is 2.46. The van der Waals surface area contributed by atoms with Crippen molar-refractivity contribution < 1.29 is 14.1 Å². The summed E-state index contributed by atoms with van der Waals surface area (Å²) in [5.41, 5.74) is 1.44. The minimum atomic E-state index is -0.351. The molecule has 0 aromatic heterocycles. The van der Waals surface area contributed by atoms with Crippen LogP contribution >= 0.6 is 0 Å². The van der Waals surface area contributed by atoms with E-state index in [0.717, 1.165) is 11.0 Å². The van der Waals surface area contributed by atoms with Crippen LogP contribution in [0.1, 0.15) is 45.7 Å². The zero-order chi connectivity index (χ0) is 14.5. The summed E-state index contributed by atoms with van der Waals surface area (Å²) >= 11 is 0. The van der Waals surface area contributed by atoms with Crippen LogP contribution in [0, 0.1) is 0 Å². The Labute approximate surface area is 120 Å². The molecule has 1 atom stereocenters. The van der Waals surface area contributed by atoms with Gasteiger partial charge in [0.1, 0.15) is 0 Å². The Balaban J connectivity index is 1.82. The molecule has 1 aromatic carbocycles. The van der Waals surface area contributed by atoms with Gasteiger partial charge in [-0.15, -0.1) is 0 Å². The van der Waals surface area contributed by atoms with Gasteiger partial charge in [-0.25, -0.2) is 0 Å². The van der Waals surface area contributed by atoms with E-state index in [1.54, 1.807) is 0 Å². The molecule has 0 spiro atoms. The highest BCUT2D eigenvalue weighted by molar-refractivity contribution is 6.62. The third kappa shape index (κ3) is 2.15. The Bertz CT molecular complexity index is 532. The maximum absolute atomic E-state index is 11.0. The highest BCUT2D eigenvalue weighted by Crippen LogP contribution is 2.36. The van der Waals surface area contributed by atoms with Crippen molar-refractivity contribution in [2.75, 3.05) is 0 Å². The van der Waals surface area contributed by atoms with Crippen LogP contribution in [0.25, 0.3) is 0 Å². The number of rotatable bonds is 2. The van der Waals surface area contributed by atoms with Crippen molar-refractivity contribution in [1.29, 1.82) is 0 Å². The molecule has 3 rings (SSSR count). The first-order valence-corrected chi connectivity index (χ1v) is 7.03. The first kappa shape index (κ1) is 13.6. The SMILES string of the molecule is CC1(C)OB(c2cccc(C3CC(=O)N3)c2)OC1(C)C. The fraction of sp³-hybridized carbons (Fsp3) is 0.533. The molecule has 4 nitrogen and oxygen atoms in total. The molecule has 106 valence electrons. The number of amides is 1. The Morgan fingerprint density at radius 2 is 1.80 bits per heavy atom. The average Bonchev–Trinajstić information content (AvgIpc) is 2.55. The third-order valence-electron chi connectivity index (χ3n) is 4.56. The lowest BCUT2D eigenvalue weighted by molar-refractivity contribution is -0.128. The van der Waals surface area contributed by atoms with E-state index in [4.69, 9.17) is 9.31 Å². The Kier molecular flexibility index (Phi) is 2.96. The zero-order valence-corrected chi connectivity index (χ0v) is 12.4. The van der Waals surface area contributed by atoms with Gasteiger partial charge in [-0.1, -0.05) is 24.3 Å². The van der Waals surface area contributed by atoms with Crippen molar-refractivity contribution >= 4 is 18.5 Å². The maximum atomic E-state index is 11.0. The molecule has 0 radical (unpaired) electrons. The van der Waals surface area contributed by atoms with E-state index in [-0.39, 0.29) is 30.3 Å². The smallest absolute Gasteiger partial charge is 0.399 e. The predicted molar refractivity (Wildman–Crippen MR) is 77.7 cm³/mol. The normalized spacial score (nSPS) is 27.1. The molecular formula is C15H20BNO3. The number of β-lactam (4-membered cyclic amide) rings is 1. The number of benzene rings is 1. The predicted octanol–water partition coefficient (Wildman–Crippen LogP) is 1.55. The van der Waals surface area contributed by atoms with Crippen molar-refractivity contribution in [3.63, 3.8) is 0 Å². The zero-order valence-electron chi connectivity index (χ0n) is 12.4. The summed E-state index contributed by atoms with van der Waals surface area (Å²) < 4.78 is 12.1. The Morgan fingerprint density at radius 3 is 2.35 bits per heavy atom. The van der Waals surface area contributed by atoms with Crippen LogP contribution in [0.15, 0.2) is 24.3 Å². The molecule has 2 saturated heterocycles. The Hall–Kier alpha value is -1.33. The van der Waals surface area contributed by atoms with E-state index in [0.29, 0.717) is 6.42 Å². The minimum Gasteiger partial charge on any atom is -0.399 e. The van der Waals surface area contributed by atoms with Crippen molar-refractivity contribution in [3.8, 4) is 0 Å². The van der Waals surface area contributed by atoms with Gasteiger partial charge in [0.2, 0.25) is 5.91 Å². The summed E-state index contributed by atoms with van der Waals surface area (Å²) in [7, 11) is -0.351. The maximum Gasteiger partial charge on any atom is 0.494 e. The fourth-order valence-electron chi connectivity index (χ4n) is 2.46. The summed E-state index contributed by atoms with van der Waals surface area (Å²) in [6.45, 7) is 8.18. The lowest BCUT2D eigenvalue weighted by Gasteiger charge is -2.32. The summed E-state index contributed by atoms with van der Waals surface area (Å²) in [4.78, 5) is 11.0. The first-order chi connectivity index (χ1) is 9.28. The van der Waals surface area contributed by atoms with Gasteiger partial charge in [0, 0.05) is 0 Å². The van der Waals surface area contributed by atoms with Gasteiger partial charge in [-0.3, -0.25) is 4.79 Å². The third-order valence-corrected chi connectivity index (χ3v) is 4.56. The highest BCUT2D eigenvalue weighted by atomic mass is 16.7. The van der Waals surface area contributed by atoms with Gasteiger partial charge in [0.15, 0.2) is 0 Å². The van der Waals surface area contributed by atoms with E-state index in [9.17, 15) is 4.79 Å². The second kappa shape index (κ2) is 4.33. The summed E-state index contributed by atoms with van der Waals surface area (Å²) in [6.07, 6.45) is 0.562. The molecule has 1 N–H and O–H groups in total. The number of carbonyl (C=O) groups excluding carboxylic acids is 1.